The van der Waals surface area contributed by atoms with E-state index in [4.69, 9.17) is 5.73 Å². The lowest BCUT2D eigenvalue weighted by atomic mass is 10.1. The van der Waals surface area contributed by atoms with E-state index >= 15 is 0 Å². The number of nitrogens with two attached hydrogens (primary N) is 1. The van der Waals surface area contributed by atoms with Crippen LogP contribution in [0.4, 0.5) is 16.2 Å². The molecule has 4 nitrogen and oxygen atoms in total. The molecule has 2 rings (SSSR count). The molecule has 5 heteroatoms. The van der Waals surface area contributed by atoms with Gasteiger partial charge < -0.3 is 16.4 Å². The van der Waals surface area contributed by atoms with Crippen LogP contribution in [0, 0.1) is 6.92 Å². The zero-order chi connectivity index (χ0) is 15.4. The Hall–Kier alpha value is -1.85. The number of hydrogen-bond acceptors (Lipinski definition) is 2. The Kier molecular flexibility index (Phi) is 4.98. The molecule has 110 valence electrons. The first-order chi connectivity index (χ1) is 9.95. The summed E-state index contributed by atoms with van der Waals surface area (Å²) in [5, 5.41) is 5.63. The van der Waals surface area contributed by atoms with Crippen LogP contribution in [-0.2, 0) is 0 Å². The van der Waals surface area contributed by atoms with E-state index in [1.807, 2.05) is 56.3 Å². The lowest BCUT2D eigenvalue weighted by Gasteiger charge is -2.11. The van der Waals surface area contributed by atoms with Gasteiger partial charge in [0.05, 0.1) is 0 Å². The highest BCUT2D eigenvalue weighted by Crippen LogP contribution is 2.21. The molecular formula is C16H18BrN3O. The fourth-order valence-electron chi connectivity index (χ4n) is 1.88. The van der Waals surface area contributed by atoms with Crippen molar-refractivity contribution in [1.29, 1.82) is 0 Å². The zero-order valence-corrected chi connectivity index (χ0v) is 13.6. The maximum atomic E-state index is 12.0. The number of halogens is 1. The van der Waals surface area contributed by atoms with Crippen LogP contribution in [0.25, 0.3) is 0 Å². The van der Waals surface area contributed by atoms with E-state index in [-0.39, 0.29) is 12.1 Å². The molecule has 0 aliphatic rings. The maximum Gasteiger partial charge on any atom is 0.323 e. The molecule has 0 bridgehead atoms. The van der Waals surface area contributed by atoms with Crippen molar-refractivity contribution in [3.05, 3.63) is 58.1 Å². The summed E-state index contributed by atoms with van der Waals surface area (Å²) in [5.74, 6) is 0. The van der Waals surface area contributed by atoms with Gasteiger partial charge in [0.2, 0.25) is 0 Å². The first kappa shape index (κ1) is 15.5. The zero-order valence-electron chi connectivity index (χ0n) is 12.0. The monoisotopic (exact) mass is 347 g/mol. The molecule has 0 heterocycles. The van der Waals surface area contributed by atoms with Gasteiger partial charge in [-0.3, -0.25) is 0 Å². The minimum atomic E-state index is -0.273. The number of anilines is 2. The largest absolute Gasteiger partial charge is 0.324 e. The molecule has 4 N–H and O–H groups in total. The van der Waals surface area contributed by atoms with Crippen molar-refractivity contribution >= 4 is 33.3 Å². The smallest absolute Gasteiger partial charge is 0.323 e. The SMILES string of the molecule is Cc1ccc(Br)cc1NC(=O)Nc1ccc(C(C)N)cc1. The molecule has 0 aromatic heterocycles. The van der Waals surface area contributed by atoms with E-state index in [0.717, 1.165) is 27.0 Å². The third-order valence-corrected chi connectivity index (χ3v) is 3.64. The van der Waals surface area contributed by atoms with Crippen molar-refractivity contribution in [2.45, 2.75) is 19.9 Å². The molecule has 0 fully saturated rings. The quantitative estimate of drug-likeness (QED) is 0.769. The van der Waals surface area contributed by atoms with Crippen LogP contribution in [0.2, 0.25) is 0 Å². The van der Waals surface area contributed by atoms with E-state index in [0.29, 0.717) is 0 Å². The van der Waals surface area contributed by atoms with Crippen molar-refractivity contribution in [1.82, 2.24) is 0 Å². The van der Waals surface area contributed by atoms with Crippen LogP contribution < -0.4 is 16.4 Å². The molecule has 0 aliphatic carbocycles. The van der Waals surface area contributed by atoms with Gasteiger partial charge in [-0.2, -0.15) is 0 Å². The lowest BCUT2D eigenvalue weighted by molar-refractivity contribution is 0.262. The summed E-state index contributed by atoms with van der Waals surface area (Å²) in [5.41, 5.74) is 9.32. The van der Waals surface area contributed by atoms with Crippen molar-refractivity contribution < 1.29 is 4.79 Å². The average Bonchev–Trinajstić information content (AvgIpc) is 2.43. The number of hydrogen-bond donors (Lipinski definition) is 3. The molecule has 1 atom stereocenters. The van der Waals surface area contributed by atoms with Crippen LogP contribution in [0.15, 0.2) is 46.9 Å². The van der Waals surface area contributed by atoms with Crippen LogP contribution >= 0.6 is 15.9 Å². The van der Waals surface area contributed by atoms with Crippen LogP contribution in [0.5, 0.6) is 0 Å². The Balaban J connectivity index is 2.03. The van der Waals surface area contributed by atoms with Crippen molar-refractivity contribution in [2.75, 3.05) is 10.6 Å². The lowest BCUT2D eigenvalue weighted by Crippen LogP contribution is -2.20. The van der Waals surface area contributed by atoms with Gasteiger partial charge in [0.15, 0.2) is 0 Å². The number of amides is 2. The topological polar surface area (TPSA) is 67.2 Å². The Bertz CT molecular complexity index is 638. The van der Waals surface area contributed by atoms with Crippen LogP contribution in [0.3, 0.4) is 0 Å². The molecule has 0 saturated heterocycles. The summed E-state index contributed by atoms with van der Waals surface area (Å²) in [6, 6.07) is 12.9. The number of urea groups is 1. The fourth-order valence-corrected chi connectivity index (χ4v) is 2.24. The molecule has 0 radical (unpaired) electrons. The number of rotatable bonds is 3. The predicted octanol–water partition coefficient (Wildman–Crippen LogP) is 4.42. The van der Waals surface area contributed by atoms with Crippen molar-refractivity contribution in [3.8, 4) is 0 Å². The Labute approximate surface area is 132 Å². The van der Waals surface area contributed by atoms with Crippen LogP contribution in [0.1, 0.15) is 24.1 Å². The summed E-state index contributed by atoms with van der Waals surface area (Å²) in [7, 11) is 0. The second-order valence-corrected chi connectivity index (χ2v) is 5.86. The summed E-state index contributed by atoms with van der Waals surface area (Å²) in [4.78, 5) is 12.0. The molecule has 2 aromatic carbocycles. The van der Waals surface area contributed by atoms with E-state index in [9.17, 15) is 4.79 Å². The average molecular weight is 348 g/mol. The Morgan fingerprint density at radius 3 is 2.43 bits per heavy atom. The number of carbonyl (C=O) groups excluding carboxylic acids is 1. The van der Waals surface area contributed by atoms with Gasteiger partial charge >= 0.3 is 6.03 Å². The standard InChI is InChI=1S/C16H18BrN3O/c1-10-3-6-13(17)9-15(10)20-16(21)19-14-7-4-12(5-8-14)11(2)18/h3-9,11H,18H2,1-2H3,(H2,19,20,21). The molecule has 0 spiro atoms. The molecule has 2 aromatic rings. The summed E-state index contributed by atoms with van der Waals surface area (Å²) >= 11 is 3.39. The third kappa shape index (κ3) is 4.31. The number of nitrogens with one attached hydrogen (secondary N) is 2. The van der Waals surface area contributed by atoms with Crippen molar-refractivity contribution in [2.24, 2.45) is 5.73 Å². The molecular weight excluding hydrogens is 330 g/mol. The van der Waals surface area contributed by atoms with E-state index in [2.05, 4.69) is 26.6 Å². The predicted molar refractivity (Wildman–Crippen MR) is 90.6 cm³/mol. The first-order valence-corrected chi connectivity index (χ1v) is 7.44. The van der Waals surface area contributed by atoms with Gasteiger partial charge in [-0.15, -0.1) is 0 Å². The number of benzene rings is 2. The Morgan fingerprint density at radius 1 is 1.14 bits per heavy atom. The molecule has 1 unspecified atom stereocenters. The molecule has 0 saturated carbocycles. The summed E-state index contributed by atoms with van der Waals surface area (Å²) in [6.45, 7) is 3.87. The normalized spacial score (nSPS) is 11.8. The second-order valence-electron chi connectivity index (χ2n) is 4.95. The minimum Gasteiger partial charge on any atom is -0.324 e. The van der Waals surface area contributed by atoms with Gasteiger partial charge in [0.1, 0.15) is 0 Å². The summed E-state index contributed by atoms with van der Waals surface area (Å²) in [6.07, 6.45) is 0. The highest BCUT2D eigenvalue weighted by molar-refractivity contribution is 9.10. The van der Waals surface area contributed by atoms with Gasteiger partial charge in [-0.1, -0.05) is 34.1 Å². The van der Waals surface area contributed by atoms with Gasteiger partial charge in [-0.05, 0) is 49.2 Å². The van der Waals surface area contributed by atoms with Gasteiger partial charge in [-0.25, -0.2) is 4.79 Å². The fraction of sp³-hybridized carbons (Fsp3) is 0.188. The highest BCUT2D eigenvalue weighted by Gasteiger charge is 2.06. The summed E-state index contributed by atoms with van der Waals surface area (Å²) < 4.78 is 0.921. The molecule has 21 heavy (non-hydrogen) atoms. The van der Waals surface area contributed by atoms with E-state index in [1.54, 1.807) is 0 Å². The van der Waals surface area contributed by atoms with Gasteiger partial charge in [0, 0.05) is 21.9 Å². The van der Waals surface area contributed by atoms with Gasteiger partial charge in [0.25, 0.3) is 0 Å². The van der Waals surface area contributed by atoms with Crippen LogP contribution in [-0.4, -0.2) is 6.03 Å². The second kappa shape index (κ2) is 6.74. The molecule has 0 aliphatic heterocycles. The van der Waals surface area contributed by atoms with Crippen molar-refractivity contribution in [3.63, 3.8) is 0 Å². The first-order valence-electron chi connectivity index (χ1n) is 6.65. The minimum absolute atomic E-state index is 0.0165. The number of aryl methyl sites for hydroxylation is 1. The van der Waals surface area contributed by atoms with E-state index in [1.165, 1.54) is 0 Å². The highest BCUT2D eigenvalue weighted by atomic mass is 79.9. The Morgan fingerprint density at radius 2 is 1.81 bits per heavy atom. The molecule has 2 amide bonds. The van der Waals surface area contributed by atoms with E-state index < -0.39 is 0 Å². The third-order valence-electron chi connectivity index (χ3n) is 3.14. The maximum absolute atomic E-state index is 12.0. The number of carbonyl (C=O) groups is 1.